The molecule has 0 N–H and O–H groups in total. The van der Waals surface area contributed by atoms with E-state index in [2.05, 4.69) is 11.8 Å². The predicted octanol–water partition coefficient (Wildman–Crippen LogP) is 1.55. The molecule has 1 aromatic carbocycles. The first-order valence-electron chi connectivity index (χ1n) is 6.21. The van der Waals surface area contributed by atoms with E-state index < -0.39 is 4.92 Å². The summed E-state index contributed by atoms with van der Waals surface area (Å²) < 4.78 is 0. The molecule has 1 aliphatic rings. The van der Waals surface area contributed by atoms with Crippen molar-refractivity contribution in [3.8, 4) is 0 Å². The van der Waals surface area contributed by atoms with Crippen molar-refractivity contribution in [2.45, 2.75) is 13.0 Å². The normalized spacial score (nSPS) is 20.3. The van der Waals surface area contributed by atoms with Crippen LogP contribution in [0.15, 0.2) is 18.2 Å². The molecule has 0 aliphatic carbocycles. The minimum Gasteiger partial charge on any atom is -0.363 e. The maximum atomic E-state index is 11.1. The molecule has 6 heteroatoms. The Morgan fingerprint density at radius 1 is 1.42 bits per heavy atom. The Kier molecular flexibility index (Phi) is 3.80. The highest BCUT2D eigenvalue weighted by Gasteiger charge is 2.26. The number of hydrogen-bond donors (Lipinski definition) is 0. The van der Waals surface area contributed by atoms with Crippen molar-refractivity contribution >= 4 is 17.7 Å². The molecule has 6 nitrogen and oxygen atoms in total. The fraction of sp³-hybridized carbons (Fsp3) is 0.462. The molecular formula is C13H17N3O3. The highest BCUT2D eigenvalue weighted by Crippen LogP contribution is 2.30. The Hall–Kier alpha value is -1.95. The minimum absolute atomic E-state index is 0.00125. The van der Waals surface area contributed by atoms with Gasteiger partial charge in [0.15, 0.2) is 0 Å². The molecular weight excluding hydrogens is 246 g/mol. The van der Waals surface area contributed by atoms with Crippen molar-refractivity contribution in [1.82, 2.24) is 4.90 Å². The van der Waals surface area contributed by atoms with Crippen molar-refractivity contribution in [2.24, 2.45) is 0 Å². The van der Waals surface area contributed by atoms with Crippen LogP contribution in [-0.2, 0) is 0 Å². The van der Waals surface area contributed by atoms with Crippen LogP contribution >= 0.6 is 0 Å². The first kappa shape index (κ1) is 13.5. The van der Waals surface area contributed by atoms with Crippen LogP contribution in [0.4, 0.5) is 11.4 Å². The number of benzene rings is 1. The molecule has 0 bridgehead atoms. The Morgan fingerprint density at radius 2 is 2.16 bits per heavy atom. The lowest BCUT2D eigenvalue weighted by molar-refractivity contribution is -0.384. The molecule has 1 heterocycles. The Labute approximate surface area is 111 Å². The van der Waals surface area contributed by atoms with Crippen LogP contribution in [0.5, 0.6) is 0 Å². The van der Waals surface area contributed by atoms with E-state index in [1.54, 1.807) is 12.1 Å². The zero-order valence-corrected chi connectivity index (χ0v) is 11.1. The number of carbonyl (C=O) groups is 1. The van der Waals surface area contributed by atoms with Crippen LogP contribution < -0.4 is 4.90 Å². The number of likely N-dealkylation sites (N-methyl/N-ethyl adjacent to an activating group) is 1. The molecule has 1 unspecified atom stereocenters. The van der Waals surface area contributed by atoms with Gasteiger partial charge in [0.2, 0.25) is 0 Å². The van der Waals surface area contributed by atoms with Gasteiger partial charge in [-0.25, -0.2) is 0 Å². The molecule has 1 atom stereocenters. The molecule has 1 aliphatic heterocycles. The lowest BCUT2D eigenvalue weighted by Gasteiger charge is -2.38. The van der Waals surface area contributed by atoms with E-state index in [1.807, 2.05) is 11.9 Å². The van der Waals surface area contributed by atoms with Crippen LogP contribution in [0.1, 0.15) is 17.3 Å². The number of rotatable bonds is 3. The second-order valence-electron chi connectivity index (χ2n) is 4.90. The van der Waals surface area contributed by atoms with Gasteiger partial charge in [-0.2, -0.15) is 0 Å². The van der Waals surface area contributed by atoms with E-state index >= 15 is 0 Å². The quantitative estimate of drug-likeness (QED) is 0.470. The van der Waals surface area contributed by atoms with Gasteiger partial charge in [0.25, 0.3) is 5.69 Å². The minimum atomic E-state index is -0.425. The van der Waals surface area contributed by atoms with Crippen molar-refractivity contribution in [3.63, 3.8) is 0 Å². The van der Waals surface area contributed by atoms with Crippen LogP contribution in [-0.4, -0.2) is 48.8 Å². The molecule has 0 amide bonds. The van der Waals surface area contributed by atoms with Gasteiger partial charge >= 0.3 is 0 Å². The maximum absolute atomic E-state index is 11.1. The van der Waals surface area contributed by atoms with Crippen molar-refractivity contribution in [1.29, 1.82) is 0 Å². The molecule has 1 aromatic rings. The second-order valence-corrected chi connectivity index (χ2v) is 4.90. The molecule has 0 saturated carbocycles. The Balaban J connectivity index is 2.34. The van der Waals surface area contributed by atoms with Crippen molar-refractivity contribution < 1.29 is 9.72 Å². The fourth-order valence-electron chi connectivity index (χ4n) is 2.29. The molecule has 2 rings (SSSR count). The molecule has 102 valence electrons. The third kappa shape index (κ3) is 2.73. The lowest BCUT2D eigenvalue weighted by Crippen LogP contribution is -2.50. The highest BCUT2D eigenvalue weighted by molar-refractivity contribution is 5.79. The smallest absolute Gasteiger partial charge is 0.293 e. The van der Waals surface area contributed by atoms with Crippen LogP contribution in [0, 0.1) is 10.1 Å². The van der Waals surface area contributed by atoms with Crippen molar-refractivity contribution in [3.05, 3.63) is 33.9 Å². The van der Waals surface area contributed by atoms with Gasteiger partial charge in [0.1, 0.15) is 12.0 Å². The first-order chi connectivity index (χ1) is 9.02. The average molecular weight is 263 g/mol. The summed E-state index contributed by atoms with van der Waals surface area (Å²) in [6, 6.07) is 4.97. The molecule has 0 radical (unpaired) electrons. The van der Waals surface area contributed by atoms with Gasteiger partial charge in [-0.15, -0.1) is 0 Å². The fourth-order valence-corrected chi connectivity index (χ4v) is 2.29. The van der Waals surface area contributed by atoms with Gasteiger partial charge < -0.3 is 9.80 Å². The summed E-state index contributed by atoms with van der Waals surface area (Å²) in [6.07, 6.45) is 0.628. The van der Waals surface area contributed by atoms with E-state index in [0.29, 0.717) is 23.6 Å². The van der Waals surface area contributed by atoms with Gasteiger partial charge in [-0.1, -0.05) is 0 Å². The molecule has 1 fully saturated rings. The Morgan fingerprint density at radius 3 is 2.74 bits per heavy atom. The number of nitro groups is 1. The number of nitro benzene ring substituents is 1. The van der Waals surface area contributed by atoms with Crippen LogP contribution in [0.2, 0.25) is 0 Å². The topological polar surface area (TPSA) is 66.7 Å². The maximum Gasteiger partial charge on any atom is 0.293 e. The van der Waals surface area contributed by atoms with Crippen molar-refractivity contribution in [2.75, 3.05) is 31.6 Å². The summed E-state index contributed by atoms with van der Waals surface area (Å²) in [5, 5.41) is 11.1. The van der Waals surface area contributed by atoms with Gasteiger partial charge in [-0.3, -0.25) is 14.9 Å². The largest absolute Gasteiger partial charge is 0.363 e. The van der Waals surface area contributed by atoms with E-state index in [0.717, 1.165) is 19.6 Å². The summed E-state index contributed by atoms with van der Waals surface area (Å²) in [5.74, 6) is 0. The number of anilines is 1. The molecule has 0 spiro atoms. The number of carbonyl (C=O) groups excluding carboxylic acids is 1. The van der Waals surface area contributed by atoms with E-state index in [4.69, 9.17) is 0 Å². The summed E-state index contributed by atoms with van der Waals surface area (Å²) in [7, 11) is 2.05. The third-order valence-electron chi connectivity index (χ3n) is 3.63. The van der Waals surface area contributed by atoms with E-state index in [9.17, 15) is 14.9 Å². The first-order valence-corrected chi connectivity index (χ1v) is 6.21. The highest BCUT2D eigenvalue weighted by atomic mass is 16.6. The molecule has 0 aromatic heterocycles. The summed E-state index contributed by atoms with van der Waals surface area (Å²) in [5.41, 5.74) is 0.925. The monoisotopic (exact) mass is 263 g/mol. The number of hydrogen-bond acceptors (Lipinski definition) is 5. The number of aldehydes is 1. The second kappa shape index (κ2) is 5.36. The van der Waals surface area contributed by atoms with Gasteiger partial charge in [-0.05, 0) is 26.1 Å². The zero-order chi connectivity index (χ0) is 14.0. The van der Waals surface area contributed by atoms with E-state index in [-0.39, 0.29) is 5.69 Å². The summed E-state index contributed by atoms with van der Waals surface area (Å²) >= 11 is 0. The lowest BCUT2D eigenvalue weighted by atomic mass is 10.1. The predicted molar refractivity (Wildman–Crippen MR) is 72.8 cm³/mol. The van der Waals surface area contributed by atoms with Gasteiger partial charge in [0.05, 0.1) is 4.92 Å². The summed E-state index contributed by atoms with van der Waals surface area (Å²) in [4.78, 5) is 25.7. The standard InChI is InChI=1S/C13H17N3O3/c1-10-8-15(6-5-14(10)2)12-4-3-11(9-17)7-13(12)16(18)19/h3-4,7,9-10H,5-6,8H2,1-2H3. The molecule has 1 saturated heterocycles. The van der Waals surface area contributed by atoms with Crippen LogP contribution in [0.25, 0.3) is 0 Å². The SMILES string of the molecule is CC1CN(c2ccc(C=O)cc2[N+](=O)[O-])CCN1C. The van der Waals surface area contributed by atoms with Crippen LogP contribution in [0.3, 0.4) is 0 Å². The average Bonchev–Trinajstić information content (AvgIpc) is 2.41. The zero-order valence-electron chi connectivity index (χ0n) is 11.1. The summed E-state index contributed by atoms with van der Waals surface area (Å²) in [6.45, 7) is 4.46. The van der Waals surface area contributed by atoms with Gasteiger partial charge in [0, 0.05) is 37.3 Å². The Bertz CT molecular complexity index is 504. The number of piperazine rings is 1. The number of nitrogens with zero attached hydrogens (tertiary/aromatic N) is 3. The third-order valence-corrected chi connectivity index (χ3v) is 3.63. The van der Waals surface area contributed by atoms with E-state index in [1.165, 1.54) is 6.07 Å². The molecule has 19 heavy (non-hydrogen) atoms.